The van der Waals surface area contributed by atoms with Gasteiger partial charge >= 0.3 is 5.97 Å². The first-order valence-electron chi connectivity index (χ1n) is 7.46. The highest BCUT2D eigenvalue weighted by Gasteiger charge is 2.16. The van der Waals surface area contributed by atoms with Crippen molar-refractivity contribution in [3.8, 4) is 6.07 Å². The van der Waals surface area contributed by atoms with E-state index in [2.05, 4.69) is 15.2 Å². The number of aromatic nitrogens is 1. The number of carbonyl (C=O) groups excluding carboxylic acids is 1. The Morgan fingerprint density at radius 3 is 2.62 bits per heavy atom. The molecule has 9 nitrogen and oxygen atoms in total. The molecule has 26 heavy (non-hydrogen) atoms. The Morgan fingerprint density at radius 2 is 2.08 bits per heavy atom. The number of carbonyl (C=O) groups is 1. The Balaban J connectivity index is 2.10. The molecule has 0 spiro atoms. The first-order chi connectivity index (χ1) is 12.4. The second-order valence-electron chi connectivity index (χ2n) is 5.00. The molecule has 0 atom stereocenters. The van der Waals surface area contributed by atoms with Gasteiger partial charge in [0.25, 0.3) is 10.0 Å². The minimum atomic E-state index is -3.83. The molecule has 0 amide bonds. The summed E-state index contributed by atoms with van der Waals surface area (Å²) in [5.41, 5.74) is 0.825. The normalized spacial score (nSPS) is 11.5. The number of esters is 1. The number of nitrogens with zero attached hydrogens (tertiary/aromatic N) is 2. The molecule has 2 aromatic rings. The van der Waals surface area contributed by atoms with Gasteiger partial charge in [-0.15, -0.1) is 0 Å². The van der Waals surface area contributed by atoms with Crippen LogP contribution >= 0.6 is 0 Å². The largest absolute Gasteiger partial charge is 0.462 e. The molecule has 0 saturated carbocycles. The lowest BCUT2D eigenvalue weighted by Gasteiger charge is -2.06. The molecule has 0 bridgehead atoms. The Labute approximate surface area is 150 Å². The summed E-state index contributed by atoms with van der Waals surface area (Å²) in [4.78, 5) is 11.5. The number of nitriles is 1. The number of sulfonamides is 1. The third kappa shape index (κ3) is 4.84. The molecule has 0 fully saturated rings. The Hall–Kier alpha value is -3.32. The number of ether oxygens (including phenoxy) is 1. The molecule has 2 rings (SSSR count). The van der Waals surface area contributed by atoms with Crippen LogP contribution in [-0.4, -0.2) is 26.2 Å². The first-order valence-corrected chi connectivity index (χ1v) is 8.94. The van der Waals surface area contributed by atoms with Crippen molar-refractivity contribution in [2.45, 2.75) is 18.7 Å². The number of benzene rings is 1. The maximum absolute atomic E-state index is 12.3. The maximum Gasteiger partial charge on any atom is 0.350 e. The van der Waals surface area contributed by atoms with E-state index < -0.39 is 16.0 Å². The van der Waals surface area contributed by atoms with E-state index in [4.69, 9.17) is 14.5 Å². The van der Waals surface area contributed by atoms with Crippen molar-refractivity contribution in [2.24, 2.45) is 0 Å². The van der Waals surface area contributed by atoms with Gasteiger partial charge in [0.05, 0.1) is 17.2 Å². The number of hydrogen-bond donors (Lipinski definition) is 2. The number of rotatable bonds is 7. The summed E-state index contributed by atoms with van der Waals surface area (Å²) < 4.78 is 36.4. The van der Waals surface area contributed by atoms with Crippen molar-refractivity contribution in [3.63, 3.8) is 0 Å². The standard InChI is InChI=1S/C16H16N4O5S/c1-3-24-16(21)12(9-17)10-18-13-4-6-14(7-5-13)26(22,23)20-15-8-11(2)19-25-15/h4-8,10,18,20H,3H2,1-2H3/b12-10+. The molecule has 1 heterocycles. The SMILES string of the molecule is CCOC(=O)/C(C#N)=C/Nc1ccc(S(=O)(=O)Nc2cc(C)no2)cc1. The van der Waals surface area contributed by atoms with Crippen LogP contribution in [0.2, 0.25) is 0 Å². The van der Waals surface area contributed by atoms with E-state index in [-0.39, 0.29) is 23.0 Å². The van der Waals surface area contributed by atoms with E-state index in [1.807, 2.05) is 0 Å². The monoisotopic (exact) mass is 376 g/mol. The van der Waals surface area contributed by atoms with Crippen LogP contribution in [0.3, 0.4) is 0 Å². The van der Waals surface area contributed by atoms with Crippen molar-refractivity contribution in [1.29, 1.82) is 5.26 Å². The van der Waals surface area contributed by atoms with Gasteiger partial charge < -0.3 is 14.6 Å². The summed E-state index contributed by atoms with van der Waals surface area (Å²) in [6, 6.07) is 8.86. The third-order valence-corrected chi connectivity index (χ3v) is 4.39. The Kier molecular flexibility index (Phi) is 5.98. The second kappa shape index (κ2) is 8.17. The predicted molar refractivity (Wildman–Crippen MR) is 92.4 cm³/mol. The van der Waals surface area contributed by atoms with Gasteiger partial charge in [-0.25, -0.2) is 17.9 Å². The van der Waals surface area contributed by atoms with Gasteiger partial charge in [0.15, 0.2) is 5.57 Å². The van der Waals surface area contributed by atoms with Gasteiger partial charge in [-0.2, -0.15) is 5.26 Å². The smallest absolute Gasteiger partial charge is 0.350 e. The molecule has 2 N–H and O–H groups in total. The summed E-state index contributed by atoms with van der Waals surface area (Å²) in [7, 11) is -3.83. The first kappa shape index (κ1) is 19.0. The fourth-order valence-corrected chi connectivity index (χ4v) is 2.81. The highest BCUT2D eigenvalue weighted by Crippen LogP contribution is 2.19. The number of hydrogen-bond acceptors (Lipinski definition) is 8. The van der Waals surface area contributed by atoms with E-state index in [0.717, 1.165) is 0 Å². The highest BCUT2D eigenvalue weighted by molar-refractivity contribution is 7.92. The topological polar surface area (TPSA) is 134 Å². The molecule has 1 aromatic carbocycles. The molecule has 0 saturated heterocycles. The average Bonchev–Trinajstić information content (AvgIpc) is 3.00. The zero-order valence-corrected chi connectivity index (χ0v) is 14.8. The van der Waals surface area contributed by atoms with Gasteiger partial charge in [-0.05, 0) is 38.1 Å². The molecule has 10 heteroatoms. The van der Waals surface area contributed by atoms with Crippen LogP contribution in [0.1, 0.15) is 12.6 Å². The predicted octanol–water partition coefficient (Wildman–Crippen LogP) is 2.17. The lowest BCUT2D eigenvalue weighted by molar-refractivity contribution is -0.138. The summed E-state index contributed by atoms with van der Waals surface area (Å²) in [6.07, 6.45) is 1.19. The fraction of sp³-hybridized carbons (Fsp3) is 0.188. The summed E-state index contributed by atoms with van der Waals surface area (Å²) in [5.74, 6) is -0.728. The summed E-state index contributed by atoms with van der Waals surface area (Å²) in [6.45, 7) is 3.46. The third-order valence-electron chi connectivity index (χ3n) is 3.03. The molecular formula is C16H16N4O5S. The van der Waals surface area contributed by atoms with Crippen LogP contribution in [0.4, 0.5) is 11.6 Å². The minimum Gasteiger partial charge on any atom is -0.462 e. The van der Waals surface area contributed by atoms with Crippen molar-refractivity contribution in [3.05, 3.63) is 47.8 Å². The van der Waals surface area contributed by atoms with Gasteiger partial charge in [-0.1, -0.05) is 5.16 Å². The fourth-order valence-electron chi connectivity index (χ4n) is 1.83. The zero-order chi connectivity index (χ0) is 19.2. The zero-order valence-electron chi connectivity index (χ0n) is 14.0. The molecule has 0 aliphatic heterocycles. The molecular weight excluding hydrogens is 360 g/mol. The van der Waals surface area contributed by atoms with Crippen LogP contribution in [0.25, 0.3) is 0 Å². The van der Waals surface area contributed by atoms with Crippen molar-refractivity contribution >= 4 is 27.6 Å². The van der Waals surface area contributed by atoms with Crippen molar-refractivity contribution in [2.75, 3.05) is 16.6 Å². The highest BCUT2D eigenvalue weighted by atomic mass is 32.2. The Morgan fingerprint density at radius 1 is 1.38 bits per heavy atom. The van der Waals surface area contributed by atoms with E-state index in [9.17, 15) is 13.2 Å². The van der Waals surface area contributed by atoms with Crippen LogP contribution in [0.15, 0.2) is 51.5 Å². The summed E-state index contributed by atoms with van der Waals surface area (Å²) in [5, 5.41) is 15.3. The molecule has 0 unspecified atom stereocenters. The number of nitrogens with one attached hydrogen (secondary N) is 2. The van der Waals surface area contributed by atoms with E-state index in [1.54, 1.807) is 19.9 Å². The molecule has 1 aromatic heterocycles. The lowest BCUT2D eigenvalue weighted by atomic mass is 10.3. The lowest BCUT2D eigenvalue weighted by Crippen LogP contribution is -2.12. The summed E-state index contributed by atoms with van der Waals surface area (Å²) >= 11 is 0. The molecule has 136 valence electrons. The molecule has 0 radical (unpaired) electrons. The van der Waals surface area contributed by atoms with Gasteiger partial charge in [-0.3, -0.25) is 0 Å². The Bertz CT molecular complexity index is 955. The van der Waals surface area contributed by atoms with Crippen LogP contribution in [0.5, 0.6) is 0 Å². The molecule has 0 aliphatic carbocycles. The van der Waals surface area contributed by atoms with Crippen LogP contribution < -0.4 is 10.0 Å². The van der Waals surface area contributed by atoms with Crippen LogP contribution in [-0.2, 0) is 19.6 Å². The maximum atomic E-state index is 12.3. The van der Waals surface area contributed by atoms with Crippen molar-refractivity contribution < 1.29 is 22.5 Å². The van der Waals surface area contributed by atoms with Gasteiger partial charge in [0, 0.05) is 18.0 Å². The van der Waals surface area contributed by atoms with Gasteiger partial charge in [0.2, 0.25) is 5.88 Å². The average molecular weight is 376 g/mol. The van der Waals surface area contributed by atoms with E-state index in [0.29, 0.717) is 11.4 Å². The second-order valence-corrected chi connectivity index (χ2v) is 6.68. The van der Waals surface area contributed by atoms with Crippen LogP contribution in [0, 0.1) is 18.3 Å². The van der Waals surface area contributed by atoms with E-state index in [1.165, 1.54) is 36.5 Å². The number of anilines is 2. The van der Waals surface area contributed by atoms with Gasteiger partial charge in [0.1, 0.15) is 6.07 Å². The quantitative estimate of drug-likeness (QED) is 0.426. The van der Waals surface area contributed by atoms with Crippen molar-refractivity contribution in [1.82, 2.24) is 5.16 Å². The van der Waals surface area contributed by atoms with E-state index >= 15 is 0 Å². The number of aryl methyl sites for hydroxylation is 1. The minimum absolute atomic E-state index is 0.00646. The molecule has 0 aliphatic rings.